The third kappa shape index (κ3) is 4.07. The van der Waals surface area contributed by atoms with E-state index in [1.807, 2.05) is 18.2 Å². The van der Waals surface area contributed by atoms with E-state index in [2.05, 4.69) is 26.1 Å². The lowest BCUT2D eigenvalue weighted by atomic mass is 10.1. The molecule has 0 atom stereocenters. The van der Waals surface area contributed by atoms with Crippen LogP contribution >= 0.6 is 0 Å². The fourth-order valence-electron chi connectivity index (χ4n) is 1.91. The molecule has 106 valence electrons. The standard InChI is InChI=1S/C17H20FNO/c1-12(2)19-11-14-7-8-17(9-13(14)3)20-16-6-4-5-15(18)10-16/h4-10,12,19H,11H2,1-3H3. The van der Waals surface area contributed by atoms with Crippen LogP contribution < -0.4 is 10.1 Å². The fourth-order valence-corrected chi connectivity index (χ4v) is 1.91. The molecule has 3 heteroatoms. The molecule has 0 heterocycles. The van der Waals surface area contributed by atoms with Gasteiger partial charge in [-0.05, 0) is 42.3 Å². The highest BCUT2D eigenvalue weighted by molar-refractivity contribution is 5.38. The maximum Gasteiger partial charge on any atom is 0.130 e. The Kier molecular flexibility index (Phi) is 4.74. The predicted molar refractivity (Wildman–Crippen MR) is 79.6 cm³/mol. The van der Waals surface area contributed by atoms with E-state index >= 15 is 0 Å². The van der Waals surface area contributed by atoms with Crippen molar-refractivity contribution in [1.29, 1.82) is 0 Å². The lowest BCUT2D eigenvalue weighted by molar-refractivity contribution is 0.476. The van der Waals surface area contributed by atoms with E-state index < -0.39 is 0 Å². The number of rotatable bonds is 5. The third-order valence-electron chi connectivity index (χ3n) is 3.05. The molecule has 0 spiro atoms. The van der Waals surface area contributed by atoms with E-state index in [9.17, 15) is 4.39 Å². The molecule has 2 aromatic rings. The molecule has 0 saturated carbocycles. The van der Waals surface area contributed by atoms with Crippen LogP contribution in [0, 0.1) is 12.7 Å². The van der Waals surface area contributed by atoms with E-state index in [-0.39, 0.29) is 5.82 Å². The van der Waals surface area contributed by atoms with Gasteiger partial charge in [0.1, 0.15) is 17.3 Å². The van der Waals surface area contributed by atoms with Crippen molar-refractivity contribution in [3.63, 3.8) is 0 Å². The van der Waals surface area contributed by atoms with E-state index in [4.69, 9.17) is 4.74 Å². The van der Waals surface area contributed by atoms with Gasteiger partial charge < -0.3 is 10.1 Å². The maximum absolute atomic E-state index is 13.1. The van der Waals surface area contributed by atoms with E-state index in [1.54, 1.807) is 12.1 Å². The average molecular weight is 273 g/mol. The normalized spacial score (nSPS) is 10.8. The first kappa shape index (κ1) is 14.5. The number of nitrogens with one attached hydrogen (secondary N) is 1. The summed E-state index contributed by atoms with van der Waals surface area (Å²) in [5.41, 5.74) is 2.40. The second-order valence-corrected chi connectivity index (χ2v) is 5.18. The first-order valence-electron chi connectivity index (χ1n) is 6.81. The predicted octanol–water partition coefficient (Wildman–Crippen LogP) is 4.42. The molecule has 0 saturated heterocycles. The van der Waals surface area contributed by atoms with Gasteiger partial charge in [0.25, 0.3) is 0 Å². The van der Waals surface area contributed by atoms with Crippen molar-refractivity contribution in [3.8, 4) is 11.5 Å². The number of hydrogen-bond donors (Lipinski definition) is 1. The molecule has 0 amide bonds. The average Bonchev–Trinajstić information content (AvgIpc) is 2.37. The lowest BCUT2D eigenvalue weighted by Crippen LogP contribution is -2.22. The van der Waals surface area contributed by atoms with Gasteiger partial charge in [0.2, 0.25) is 0 Å². The van der Waals surface area contributed by atoms with Crippen molar-refractivity contribution >= 4 is 0 Å². The Balaban J connectivity index is 2.09. The highest BCUT2D eigenvalue weighted by Crippen LogP contribution is 2.24. The van der Waals surface area contributed by atoms with Crippen LogP contribution in [0.3, 0.4) is 0 Å². The fraction of sp³-hybridized carbons (Fsp3) is 0.294. The SMILES string of the molecule is Cc1cc(Oc2cccc(F)c2)ccc1CNC(C)C. The molecule has 20 heavy (non-hydrogen) atoms. The minimum Gasteiger partial charge on any atom is -0.457 e. The van der Waals surface area contributed by atoms with Crippen LogP contribution in [0.2, 0.25) is 0 Å². The summed E-state index contributed by atoms with van der Waals surface area (Å²) in [6.07, 6.45) is 0. The quantitative estimate of drug-likeness (QED) is 0.870. The van der Waals surface area contributed by atoms with Crippen molar-refractivity contribution in [2.24, 2.45) is 0 Å². The monoisotopic (exact) mass is 273 g/mol. The van der Waals surface area contributed by atoms with Gasteiger partial charge >= 0.3 is 0 Å². The van der Waals surface area contributed by atoms with Crippen LogP contribution in [0.4, 0.5) is 4.39 Å². The molecule has 0 bridgehead atoms. The van der Waals surface area contributed by atoms with Crippen LogP contribution in [-0.2, 0) is 6.54 Å². The summed E-state index contributed by atoms with van der Waals surface area (Å²) in [6.45, 7) is 7.13. The maximum atomic E-state index is 13.1. The summed E-state index contributed by atoms with van der Waals surface area (Å²) in [6, 6.07) is 12.5. The zero-order valence-electron chi connectivity index (χ0n) is 12.1. The number of ether oxygens (including phenoxy) is 1. The summed E-state index contributed by atoms with van der Waals surface area (Å²) in [7, 11) is 0. The molecular formula is C17H20FNO. The molecule has 0 aliphatic carbocycles. The molecule has 2 rings (SSSR count). The number of benzene rings is 2. The first-order valence-corrected chi connectivity index (χ1v) is 6.81. The smallest absolute Gasteiger partial charge is 0.130 e. The molecule has 0 aromatic heterocycles. The van der Waals surface area contributed by atoms with Gasteiger partial charge in [-0.1, -0.05) is 26.0 Å². The molecule has 0 radical (unpaired) electrons. The summed E-state index contributed by atoms with van der Waals surface area (Å²) >= 11 is 0. The van der Waals surface area contributed by atoms with Crippen molar-refractivity contribution < 1.29 is 9.13 Å². The Morgan fingerprint density at radius 2 is 1.85 bits per heavy atom. The molecule has 2 nitrogen and oxygen atoms in total. The molecule has 2 aromatic carbocycles. The summed E-state index contributed by atoms with van der Waals surface area (Å²) in [5.74, 6) is 0.941. The second kappa shape index (κ2) is 6.53. The minimum atomic E-state index is -0.294. The van der Waals surface area contributed by atoms with Crippen molar-refractivity contribution in [2.75, 3.05) is 0 Å². The molecule has 0 fully saturated rings. The van der Waals surface area contributed by atoms with Gasteiger partial charge in [0, 0.05) is 18.7 Å². The lowest BCUT2D eigenvalue weighted by Gasteiger charge is -2.12. The molecule has 1 N–H and O–H groups in total. The molecule has 0 aliphatic rings. The van der Waals surface area contributed by atoms with Gasteiger partial charge in [-0.25, -0.2) is 4.39 Å². The van der Waals surface area contributed by atoms with Crippen LogP contribution in [0.5, 0.6) is 11.5 Å². The van der Waals surface area contributed by atoms with Crippen molar-refractivity contribution in [2.45, 2.75) is 33.4 Å². The number of hydrogen-bond acceptors (Lipinski definition) is 2. The molecule has 0 aliphatic heterocycles. The number of halogens is 1. The van der Waals surface area contributed by atoms with E-state index in [0.29, 0.717) is 11.8 Å². The highest BCUT2D eigenvalue weighted by Gasteiger charge is 2.03. The van der Waals surface area contributed by atoms with Gasteiger partial charge in [-0.3, -0.25) is 0 Å². The van der Waals surface area contributed by atoms with Crippen molar-refractivity contribution in [1.82, 2.24) is 5.32 Å². The van der Waals surface area contributed by atoms with Gasteiger partial charge in [0.05, 0.1) is 0 Å². The van der Waals surface area contributed by atoms with E-state index in [1.165, 1.54) is 17.7 Å². The number of aryl methyl sites for hydroxylation is 1. The minimum absolute atomic E-state index is 0.294. The third-order valence-corrected chi connectivity index (χ3v) is 3.05. The summed E-state index contributed by atoms with van der Waals surface area (Å²) in [4.78, 5) is 0. The molecule has 0 unspecified atom stereocenters. The largest absolute Gasteiger partial charge is 0.457 e. The Hall–Kier alpha value is -1.87. The Labute approximate surface area is 119 Å². The van der Waals surface area contributed by atoms with Crippen LogP contribution in [0.1, 0.15) is 25.0 Å². The van der Waals surface area contributed by atoms with Gasteiger partial charge in [-0.2, -0.15) is 0 Å². The van der Waals surface area contributed by atoms with Gasteiger partial charge in [-0.15, -0.1) is 0 Å². The first-order chi connectivity index (χ1) is 9.54. The highest BCUT2D eigenvalue weighted by atomic mass is 19.1. The zero-order valence-corrected chi connectivity index (χ0v) is 12.1. The zero-order chi connectivity index (χ0) is 14.5. The van der Waals surface area contributed by atoms with Crippen molar-refractivity contribution in [3.05, 3.63) is 59.4 Å². The van der Waals surface area contributed by atoms with Crippen LogP contribution in [0.15, 0.2) is 42.5 Å². The van der Waals surface area contributed by atoms with E-state index in [0.717, 1.165) is 17.9 Å². The molecular weight excluding hydrogens is 253 g/mol. The Morgan fingerprint density at radius 1 is 1.10 bits per heavy atom. The topological polar surface area (TPSA) is 21.3 Å². The second-order valence-electron chi connectivity index (χ2n) is 5.18. The summed E-state index contributed by atoms with van der Waals surface area (Å²) in [5, 5.41) is 3.39. The van der Waals surface area contributed by atoms with Gasteiger partial charge in [0.15, 0.2) is 0 Å². The van der Waals surface area contributed by atoms with Crippen LogP contribution in [0.25, 0.3) is 0 Å². The Bertz CT molecular complexity index is 581. The summed E-state index contributed by atoms with van der Waals surface area (Å²) < 4.78 is 18.8. The van der Waals surface area contributed by atoms with Crippen LogP contribution in [-0.4, -0.2) is 6.04 Å². The Morgan fingerprint density at radius 3 is 2.50 bits per heavy atom.